The van der Waals surface area contributed by atoms with Gasteiger partial charge >= 0.3 is 0 Å². The molecule has 3 aromatic rings. The standard InChI is InChI=1S/C18H18BrN3.ClH/c1-14(16-3-2-4-17(19)11-16)21-12-15-5-7-18(8-6-15)22-10-9-20-13-22;/h2-11,13-14,21H,12H2,1H3;1H. The molecule has 1 N–H and O–H groups in total. The first-order valence-corrected chi connectivity index (χ1v) is 8.08. The molecule has 0 fully saturated rings. The van der Waals surface area contributed by atoms with Gasteiger partial charge in [-0.05, 0) is 42.3 Å². The highest BCUT2D eigenvalue weighted by molar-refractivity contribution is 9.10. The van der Waals surface area contributed by atoms with E-state index in [4.69, 9.17) is 0 Å². The van der Waals surface area contributed by atoms with Crippen molar-refractivity contribution in [2.75, 3.05) is 0 Å². The lowest BCUT2D eigenvalue weighted by Crippen LogP contribution is -2.18. The van der Waals surface area contributed by atoms with Crippen molar-refractivity contribution in [1.29, 1.82) is 0 Å². The summed E-state index contributed by atoms with van der Waals surface area (Å²) in [5.74, 6) is 0. The number of halogens is 2. The SMILES string of the molecule is CC(NCc1ccc(-n2ccnc2)cc1)c1cccc(Br)c1.Cl. The Hall–Kier alpha value is -1.62. The molecule has 0 aliphatic heterocycles. The highest BCUT2D eigenvalue weighted by Crippen LogP contribution is 2.18. The fourth-order valence-corrected chi connectivity index (χ4v) is 2.78. The van der Waals surface area contributed by atoms with Gasteiger partial charge in [0.15, 0.2) is 0 Å². The maximum atomic E-state index is 4.07. The van der Waals surface area contributed by atoms with Gasteiger partial charge in [-0.3, -0.25) is 0 Å². The molecule has 0 amide bonds. The number of rotatable bonds is 5. The highest BCUT2D eigenvalue weighted by atomic mass is 79.9. The number of aromatic nitrogens is 2. The van der Waals surface area contributed by atoms with E-state index in [1.807, 2.05) is 23.2 Å². The van der Waals surface area contributed by atoms with Gasteiger partial charge in [-0.1, -0.05) is 40.2 Å². The van der Waals surface area contributed by atoms with Crippen molar-refractivity contribution < 1.29 is 0 Å². The van der Waals surface area contributed by atoms with E-state index in [0.717, 1.165) is 16.7 Å². The summed E-state index contributed by atoms with van der Waals surface area (Å²) in [4.78, 5) is 4.07. The van der Waals surface area contributed by atoms with Crippen molar-refractivity contribution in [3.63, 3.8) is 0 Å². The molecule has 1 atom stereocenters. The molecule has 3 nitrogen and oxygen atoms in total. The maximum absolute atomic E-state index is 4.07. The lowest BCUT2D eigenvalue weighted by atomic mass is 10.1. The lowest BCUT2D eigenvalue weighted by molar-refractivity contribution is 0.574. The second-order valence-corrected chi connectivity index (χ2v) is 6.21. The fraction of sp³-hybridized carbons (Fsp3) is 0.167. The molecule has 1 aromatic heterocycles. The van der Waals surface area contributed by atoms with E-state index in [2.05, 4.69) is 75.6 Å². The molecular weight excluding hydrogens is 374 g/mol. The van der Waals surface area contributed by atoms with Crippen molar-refractivity contribution in [3.05, 3.63) is 82.9 Å². The van der Waals surface area contributed by atoms with Gasteiger partial charge in [0, 0.05) is 35.1 Å². The third kappa shape index (κ3) is 4.67. The van der Waals surface area contributed by atoms with Gasteiger partial charge in [-0.15, -0.1) is 12.4 Å². The Labute approximate surface area is 151 Å². The van der Waals surface area contributed by atoms with E-state index in [0.29, 0.717) is 6.04 Å². The first-order valence-electron chi connectivity index (χ1n) is 7.28. The predicted octanol–water partition coefficient (Wildman–Crippen LogP) is 4.91. The first kappa shape index (κ1) is 17.7. The number of benzene rings is 2. The zero-order valence-electron chi connectivity index (χ0n) is 12.8. The second kappa shape index (κ2) is 8.29. The van der Waals surface area contributed by atoms with Gasteiger partial charge < -0.3 is 9.88 Å². The third-order valence-corrected chi connectivity index (χ3v) is 4.19. The lowest BCUT2D eigenvalue weighted by Gasteiger charge is -2.15. The number of hydrogen-bond acceptors (Lipinski definition) is 2. The summed E-state index contributed by atoms with van der Waals surface area (Å²) in [5.41, 5.74) is 3.68. The van der Waals surface area contributed by atoms with Crippen LogP contribution >= 0.6 is 28.3 Å². The fourth-order valence-electron chi connectivity index (χ4n) is 2.36. The molecule has 0 bridgehead atoms. The summed E-state index contributed by atoms with van der Waals surface area (Å²) >= 11 is 3.52. The summed E-state index contributed by atoms with van der Waals surface area (Å²) in [7, 11) is 0. The van der Waals surface area contributed by atoms with Crippen LogP contribution in [0.25, 0.3) is 5.69 Å². The van der Waals surface area contributed by atoms with Gasteiger partial charge in [0.2, 0.25) is 0 Å². The minimum atomic E-state index is 0. The minimum absolute atomic E-state index is 0. The molecule has 0 radical (unpaired) electrons. The van der Waals surface area contributed by atoms with Crippen molar-refractivity contribution in [1.82, 2.24) is 14.9 Å². The third-order valence-electron chi connectivity index (χ3n) is 3.70. The average Bonchev–Trinajstić information content (AvgIpc) is 3.07. The van der Waals surface area contributed by atoms with Crippen LogP contribution in [0.5, 0.6) is 0 Å². The van der Waals surface area contributed by atoms with E-state index in [9.17, 15) is 0 Å². The summed E-state index contributed by atoms with van der Waals surface area (Å²) in [6, 6.07) is 17.2. The molecule has 0 aliphatic carbocycles. The Bertz CT molecular complexity index is 726. The average molecular weight is 393 g/mol. The van der Waals surface area contributed by atoms with Gasteiger partial charge in [-0.2, -0.15) is 0 Å². The van der Waals surface area contributed by atoms with Crippen LogP contribution in [-0.2, 0) is 6.54 Å². The molecule has 0 saturated heterocycles. The normalized spacial score (nSPS) is 11.7. The molecule has 1 heterocycles. The van der Waals surface area contributed by atoms with Crippen LogP contribution in [0.15, 0.2) is 71.7 Å². The van der Waals surface area contributed by atoms with Crippen LogP contribution in [0.2, 0.25) is 0 Å². The van der Waals surface area contributed by atoms with Crippen molar-refractivity contribution in [2.24, 2.45) is 0 Å². The summed E-state index contributed by atoms with van der Waals surface area (Å²) in [6.45, 7) is 3.03. The van der Waals surface area contributed by atoms with Gasteiger partial charge in [0.1, 0.15) is 0 Å². The number of imidazole rings is 1. The van der Waals surface area contributed by atoms with Gasteiger partial charge in [0.25, 0.3) is 0 Å². The molecular formula is C18H19BrClN3. The Balaban J connectivity index is 0.00000192. The highest BCUT2D eigenvalue weighted by Gasteiger charge is 2.05. The van der Waals surface area contributed by atoms with E-state index in [1.54, 1.807) is 6.20 Å². The minimum Gasteiger partial charge on any atom is -0.306 e. The van der Waals surface area contributed by atoms with Crippen molar-refractivity contribution in [3.8, 4) is 5.69 Å². The Kier molecular flexibility index (Phi) is 6.39. The van der Waals surface area contributed by atoms with Crippen LogP contribution in [-0.4, -0.2) is 9.55 Å². The summed E-state index contributed by atoms with van der Waals surface area (Å²) < 4.78 is 3.12. The smallest absolute Gasteiger partial charge is 0.0991 e. The number of hydrogen-bond donors (Lipinski definition) is 1. The first-order chi connectivity index (χ1) is 10.7. The monoisotopic (exact) mass is 391 g/mol. The van der Waals surface area contributed by atoms with E-state index in [1.165, 1.54) is 11.1 Å². The van der Waals surface area contributed by atoms with E-state index >= 15 is 0 Å². The van der Waals surface area contributed by atoms with Gasteiger partial charge in [-0.25, -0.2) is 4.98 Å². The number of nitrogens with zero attached hydrogens (tertiary/aromatic N) is 2. The molecule has 5 heteroatoms. The second-order valence-electron chi connectivity index (χ2n) is 5.29. The van der Waals surface area contributed by atoms with E-state index < -0.39 is 0 Å². The zero-order chi connectivity index (χ0) is 15.4. The molecule has 1 unspecified atom stereocenters. The van der Waals surface area contributed by atoms with E-state index in [-0.39, 0.29) is 12.4 Å². The van der Waals surface area contributed by atoms with Crippen LogP contribution in [0.3, 0.4) is 0 Å². The van der Waals surface area contributed by atoms with Crippen molar-refractivity contribution in [2.45, 2.75) is 19.5 Å². The largest absolute Gasteiger partial charge is 0.306 e. The maximum Gasteiger partial charge on any atom is 0.0991 e. The number of nitrogens with one attached hydrogen (secondary N) is 1. The predicted molar refractivity (Wildman–Crippen MR) is 100 cm³/mol. The van der Waals surface area contributed by atoms with Crippen LogP contribution in [0.4, 0.5) is 0 Å². The zero-order valence-corrected chi connectivity index (χ0v) is 15.2. The Morgan fingerprint density at radius 2 is 1.96 bits per heavy atom. The quantitative estimate of drug-likeness (QED) is 0.669. The molecule has 0 aliphatic rings. The molecule has 2 aromatic carbocycles. The van der Waals surface area contributed by atoms with Crippen LogP contribution in [0, 0.1) is 0 Å². The summed E-state index contributed by atoms with van der Waals surface area (Å²) in [6.07, 6.45) is 5.54. The molecule has 120 valence electrons. The molecule has 0 spiro atoms. The Morgan fingerprint density at radius 3 is 2.61 bits per heavy atom. The van der Waals surface area contributed by atoms with Crippen LogP contribution < -0.4 is 5.32 Å². The topological polar surface area (TPSA) is 29.9 Å². The molecule has 3 rings (SSSR count). The molecule has 0 saturated carbocycles. The molecule has 23 heavy (non-hydrogen) atoms. The Morgan fingerprint density at radius 1 is 1.17 bits per heavy atom. The van der Waals surface area contributed by atoms with Gasteiger partial charge in [0.05, 0.1) is 6.33 Å². The van der Waals surface area contributed by atoms with Crippen molar-refractivity contribution >= 4 is 28.3 Å². The summed E-state index contributed by atoms with van der Waals surface area (Å²) in [5, 5.41) is 3.56. The van der Waals surface area contributed by atoms with Crippen LogP contribution in [0.1, 0.15) is 24.1 Å².